The molecule has 0 amide bonds. The van der Waals surface area contributed by atoms with Crippen molar-refractivity contribution in [2.45, 2.75) is 6.92 Å². The lowest BCUT2D eigenvalue weighted by molar-refractivity contribution is -0.915. The van der Waals surface area contributed by atoms with Crippen LogP contribution in [0.4, 0.5) is 0 Å². The van der Waals surface area contributed by atoms with Crippen LogP contribution in [-0.2, 0) is 4.74 Å². The number of nitrogens with one attached hydrogen (secondary N) is 1. The Morgan fingerprint density at radius 3 is 2.43 bits per heavy atom. The molecule has 1 N–H and O–H groups in total. The number of imidazole rings is 1. The molecule has 0 unspecified atom stereocenters. The van der Waals surface area contributed by atoms with E-state index in [-0.39, 0.29) is 0 Å². The van der Waals surface area contributed by atoms with Gasteiger partial charge in [-0.2, -0.15) is 0 Å². The molecule has 0 aromatic carbocycles. The zero-order valence-electron chi connectivity index (χ0n) is 9.07. The summed E-state index contributed by atoms with van der Waals surface area (Å²) < 4.78 is 6.45. The van der Waals surface area contributed by atoms with Gasteiger partial charge in [-0.15, -0.1) is 0 Å². The highest BCUT2D eigenvalue weighted by Crippen LogP contribution is 2.05. The smallest absolute Gasteiger partial charge is 0.102 e. The van der Waals surface area contributed by atoms with E-state index >= 15 is 0 Å². The number of hydrogen-bond acceptors (Lipinski definition) is 2. The zero-order chi connectivity index (χ0) is 10.3. The maximum Gasteiger partial charge on any atom is 0.102 e. The van der Waals surface area contributed by atoms with Crippen LogP contribution < -0.4 is 0 Å². The fraction of sp³-hybridized carbons (Fsp3) is 0.700. The molecule has 4 heteroatoms. The molecule has 1 aromatic rings. The van der Waals surface area contributed by atoms with Gasteiger partial charge >= 0.3 is 0 Å². The number of aromatic amines is 1. The van der Waals surface area contributed by atoms with Crippen LogP contribution in [0.5, 0.6) is 0 Å². The van der Waals surface area contributed by atoms with Crippen LogP contribution in [0.1, 0.15) is 6.92 Å². The van der Waals surface area contributed by atoms with Crippen molar-refractivity contribution in [2.24, 2.45) is 0 Å². The van der Waals surface area contributed by atoms with Gasteiger partial charge in [0.1, 0.15) is 13.1 Å². The fourth-order valence-corrected chi connectivity index (χ4v) is 1.32. The van der Waals surface area contributed by atoms with Crippen molar-refractivity contribution < 1.29 is 9.22 Å². The summed E-state index contributed by atoms with van der Waals surface area (Å²) >= 11 is 0. The minimum Gasteiger partial charge on any atom is -0.370 e. The number of hydrogen-bond donors (Lipinski definition) is 1. The van der Waals surface area contributed by atoms with Crippen molar-refractivity contribution in [1.29, 1.82) is 0 Å². The molecular formula is C10H20N3O+. The Bertz CT molecular complexity index is 200. The van der Waals surface area contributed by atoms with Crippen LogP contribution >= 0.6 is 0 Å². The van der Waals surface area contributed by atoms with Crippen molar-refractivity contribution in [2.75, 3.05) is 39.9 Å². The minimum absolute atomic E-state index is 0.949. The summed E-state index contributed by atoms with van der Waals surface area (Å²) in [6.07, 6.45) is 5.08. The Labute approximate surface area is 85.5 Å². The van der Waals surface area contributed by atoms with E-state index in [1.807, 2.05) is 0 Å². The first-order valence-electron chi connectivity index (χ1n) is 5.11. The molecule has 2 heterocycles. The van der Waals surface area contributed by atoms with Gasteiger partial charge in [-0.1, -0.05) is 0 Å². The molecule has 1 aromatic heterocycles. The number of nitrogens with zero attached hydrogens (tertiary/aromatic N) is 2. The van der Waals surface area contributed by atoms with Gasteiger partial charge in [0.25, 0.3) is 0 Å². The predicted molar refractivity (Wildman–Crippen MR) is 55.9 cm³/mol. The molecule has 4 nitrogen and oxygen atoms in total. The lowest BCUT2D eigenvalue weighted by atomic mass is 10.3. The lowest BCUT2D eigenvalue weighted by Gasteiger charge is -2.36. The topological polar surface area (TPSA) is 37.9 Å². The van der Waals surface area contributed by atoms with Gasteiger partial charge in [0.05, 0.1) is 33.1 Å². The quantitative estimate of drug-likeness (QED) is 0.681. The van der Waals surface area contributed by atoms with Crippen molar-refractivity contribution in [3.05, 3.63) is 18.7 Å². The number of morpholine rings is 1. The van der Waals surface area contributed by atoms with Gasteiger partial charge < -0.3 is 14.2 Å². The molecule has 0 saturated carbocycles. The summed E-state index contributed by atoms with van der Waals surface area (Å²) in [6.45, 7) is 7.76. The molecule has 14 heavy (non-hydrogen) atoms. The molecule has 1 saturated heterocycles. The summed E-state index contributed by atoms with van der Waals surface area (Å²) in [7, 11) is 2.29. The van der Waals surface area contributed by atoms with Gasteiger partial charge in [0, 0.05) is 12.4 Å². The van der Waals surface area contributed by atoms with Crippen molar-refractivity contribution in [1.82, 2.24) is 9.97 Å². The summed E-state index contributed by atoms with van der Waals surface area (Å²) in [6, 6.07) is 0. The summed E-state index contributed by atoms with van der Waals surface area (Å²) in [5.41, 5.74) is 0. The fourth-order valence-electron chi connectivity index (χ4n) is 1.32. The van der Waals surface area contributed by atoms with Crippen LogP contribution in [0.15, 0.2) is 18.7 Å². The SMILES string of the molecule is CC[N+]1(C)CCOCC1.c1c[nH]cn1. The lowest BCUT2D eigenvalue weighted by Crippen LogP contribution is -2.51. The normalized spacial score (nSPS) is 19.6. The average Bonchev–Trinajstić information content (AvgIpc) is 2.77. The first kappa shape index (κ1) is 11.2. The van der Waals surface area contributed by atoms with E-state index in [2.05, 4.69) is 23.9 Å². The van der Waals surface area contributed by atoms with Gasteiger partial charge in [-0.25, -0.2) is 4.98 Å². The molecule has 1 aliphatic heterocycles. The molecule has 0 bridgehead atoms. The third kappa shape index (κ3) is 3.89. The van der Waals surface area contributed by atoms with Crippen LogP contribution in [0.25, 0.3) is 0 Å². The first-order chi connectivity index (χ1) is 6.77. The molecule has 2 rings (SSSR count). The van der Waals surface area contributed by atoms with Gasteiger partial charge in [-0.3, -0.25) is 0 Å². The second-order valence-corrected chi connectivity index (χ2v) is 3.76. The second kappa shape index (κ2) is 5.78. The highest BCUT2D eigenvalue weighted by molar-refractivity contribution is 4.64. The maximum absolute atomic E-state index is 5.25. The number of aromatic nitrogens is 2. The van der Waals surface area contributed by atoms with Crippen molar-refractivity contribution >= 4 is 0 Å². The Hall–Kier alpha value is -0.870. The van der Waals surface area contributed by atoms with Crippen LogP contribution in [0.2, 0.25) is 0 Å². The standard InChI is InChI=1S/C7H16NO.C3H4N2/c1-3-8(2)4-6-9-7-5-8;1-2-5-3-4-1/h3-7H2,1-2H3;1-3H,(H,4,5)/q+1;. The van der Waals surface area contributed by atoms with Crippen molar-refractivity contribution in [3.63, 3.8) is 0 Å². The van der Waals surface area contributed by atoms with Crippen LogP contribution in [0.3, 0.4) is 0 Å². The molecule has 80 valence electrons. The summed E-state index contributed by atoms with van der Waals surface area (Å²) in [5, 5.41) is 0. The molecule has 0 radical (unpaired) electrons. The van der Waals surface area contributed by atoms with E-state index in [0.717, 1.165) is 13.2 Å². The molecule has 1 aliphatic rings. The van der Waals surface area contributed by atoms with Gasteiger partial charge in [-0.05, 0) is 6.92 Å². The Morgan fingerprint density at radius 2 is 2.14 bits per heavy atom. The summed E-state index contributed by atoms with van der Waals surface area (Å²) in [5.74, 6) is 0. The number of likely N-dealkylation sites (N-methyl/N-ethyl adjacent to an activating group) is 1. The number of ether oxygens (including phenoxy) is 1. The average molecular weight is 198 g/mol. The third-order valence-electron chi connectivity index (χ3n) is 2.72. The Morgan fingerprint density at radius 1 is 1.43 bits per heavy atom. The van der Waals surface area contributed by atoms with E-state index in [1.165, 1.54) is 24.1 Å². The van der Waals surface area contributed by atoms with Crippen LogP contribution in [0, 0.1) is 0 Å². The third-order valence-corrected chi connectivity index (χ3v) is 2.72. The van der Waals surface area contributed by atoms with Gasteiger partial charge in [0.15, 0.2) is 0 Å². The van der Waals surface area contributed by atoms with E-state index in [9.17, 15) is 0 Å². The maximum atomic E-state index is 5.25. The van der Waals surface area contributed by atoms with Crippen LogP contribution in [-0.4, -0.2) is 54.3 Å². The number of rotatable bonds is 1. The number of quaternary nitrogens is 1. The molecular weight excluding hydrogens is 178 g/mol. The molecule has 0 atom stereocenters. The van der Waals surface area contributed by atoms with Gasteiger partial charge in [0.2, 0.25) is 0 Å². The largest absolute Gasteiger partial charge is 0.370 e. The predicted octanol–water partition coefficient (Wildman–Crippen LogP) is 0.893. The molecule has 0 spiro atoms. The summed E-state index contributed by atoms with van der Waals surface area (Å²) in [4.78, 5) is 6.42. The zero-order valence-corrected chi connectivity index (χ0v) is 9.07. The second-order valence-electron chi connectivity index (χ2n) is 3.76. The minimum atomic E-state index is 0.949. The Balaban J connectivity index is 0.000000165. The Kier molecular flexibility index (Phi) is 4.62. The number of H-pyrrole nitrogens is 1. The van der Waals surface area contributed by atoms with E-state index in [4.69, 9.17) is 4.74 Å². The molecule has 1 fully saturated rings. The van der Waals surface area contributed by atoms with Crippen molar-refractivity contribution in [3.8, 4) is 0 Å². The van der Waals surface area contributed by atoms with E-state index < -0.39 is 0 Å². The monoisotopic (exact) mass is 198 g/mol. The van der Waals surface area contributed by atoms with E-state index in [1.54, 1.807) is 18.7 Å². The first-order valence-corrected chi connectivity index (χ1v) is 5.11. The highest BCUT2D eigenvalue weighted by atomic mass is 16.5. The van der Waals surface area contributed by atoms with E-state index in [0.29, 0.717) is 0 Å². The molecule has 0 aliphatic carbocycles. The highest BCUT2D eigenvalue weighted by Gasteiger charge is 2.21.